The third kappa shape index (κ3) is 5.34. The minimum Gasteiger partial charge on any atom is -0.462 e. The van der Waals surface area contributed by atoms with Gasteiger partial charge in [0.25, 0.3) is 0 Å². The summed E-state index contributed by atoms with van der Waals surface area (Å²) in [5, 5.41) is 0. The zero-order valence-electron chi connectivity index (χ0n) is 31.2. The molecule has 0 N–H and O–H groups in total. The van der Waals surface area contributed by atoms with Gasteiger partial charge in [0.1, 0.15) is 19.0 Å². The topological polar surface area (TPSA) is 69.7 Å². The molecule has 0 radical (unpaired) electrons. The molecule has 0 spiro atoms. The SMILES string of the molecule is C=C(C)[C@@H]1CC[C@]2(C=O)CC[C@]3(C)C(CCC4[C@@]5(C)CC[C@H](OC(=O)CC(C)(C)C(=O)OCc6ccccc6)C(C)(C)C5CC[C@]43C)C12. The van der Waals surface area contributed by atoms with E-state index in [-0.39, 0.29) is 58.1 Å². The van der Waals surface area contributed by atoms with Crippen LogP contribution in [-0.4, -0.2) is 24.3 Å². The molecule has 1 aromatic rings. The smallest absolute Gasteiger partial charge is 0.312 e. The molecule has 10 atom stereocenters. The predicted molar refractivity (Wildman–Crippen MR) is 190 cm³/mol. The predicted octanol–water partition coefficient (Wildman–Crippen LogP) is 9.91. The van der Waals surface area contributed by atoms with Gasteiger partial charge < -0.3 is 14.3 Å². The van der Waals surface area contributed by atoms with Crippen LogP contribution in [0.4, 0.5) is 0 Å². The number of esters is 2. The van der Waals surface area contributed by atoms with Gasteiger partial charge in [-0.15, -0.1) is 0 Å². The van der Waals surface area contributed by atoms with E-state index in [2.05, 4.69) is 48.1 Å². The lowest BCUT2D eigenvalue weighted by Crippen LogP contribution is -2.67. The summed E-state index contributed by atoms with van der Waals surface area (Å²) in [6.07, 6.45) is 12.2. The Hall–Kier alpha value is -2.43. The Bertz CT molecular complexity index is 1430. The Kier molecular flexibility index (Phi) is 8.93. The highest BCUT2D eigenvalue weighted by Crippen LogP contribution is 2.77. The van der Waals surface area contributed by atoms with E-state index < -0.39 is 5.41 Å². The molecular formula is C43H62O5. The molecule has 5 aliphatic rings. The summed E-state index contributed by atoms with van der Waals surface area (Å²) in [4.78, 5) is 39.3. The molecule has 4 unspecified atom stereocenters. The van der Waals surface area contributed by atoms with Crippen molar-refractivity contribution >= 4 is 18.2 Å². The number of benzene rings is 1. The van der Waals surface area contributed by atoms with Crippen molar-refractivity contribution in [2.45, 2.75) is 139 Å². The van der Waals surface area contributed by atoms with Gasteiger partial charge in [-0.05, 0) is 136 Å². The van der Waals surface area contributed by atoms with Gasteiger partial charge in [0.05, 0.1) is 11.8 Å². The summed E-state index contributed by atoms with van der Waals surface area (Å²) in [6, 6.07) is 9.63. The molecule has 48 heavy (non-hydrogen) atoms. The van der Waals surface area contributed by atoms with Gasteiger partial charge in [0.2, 0.25) is 0 Å². The van der Waals surface area contributed by atoms with Gasteiger partial charge in [-0.25, -0.2) is 0 Å². The molecule has 5 nitrogen and oxygen atoms in total. The number of fused-ring (bicyclic) bond motifs is 7. The lowest BCUT2D eigenvalue weighted by Gasteiger charge is -2.72. The summed E-state index contributed by atoms with van der Waals surface area (Å²) < 4.78 is 11.9. The van der Waals surface area contributed by atoms with E-state index >= 15 is 0 Å². The molecule has 0 heterocycles. The second kappa shape index (κ2) is 12.1. The van der Waals surface area contributed by atoms with Gasteiger partial charge >= 0.3 is 11.9 Å². The summed E-state index contributed by atoms with van der Waals surface area (Å²) in [7, 11) is 0. The fourth-order valence-electron chi connectivity index (χ4n) is 13.1. The number of allylic oxidation sites excluding steroid dienone is 1. The second-order valence-corrected chi connectivity index (χ2v) is 19.0. The van der Waals surface area contributed by atoms with Gasteiger partial charge in [-0.3, -0.25) is 9.59 Å². The number of aldehydes is 1. The maximum Gasteiger partial charge on any atom is 0.312 e. The van der Waals surface area contributed by atoms with E-state index in [4.69, 9.17) is 9.47 Å². The number of carbonyl (C=O) groups is 3. The fraction of sp³-hybridized carbons (Fsp3) is 0.744. The lowest BCUT2D eigenvalue weighted by molar-refractivity contribution is -0.248. The van der Waals surface area contributed by atoms with E-state index in [9.17, 15) is 14.4 Å². The summed E-state index contributed by atoms with van der Waals surface area (Å²) in [5.74, 6) is 1.83. The zero-order valence-corrected chi connectivity index (χ0v) is 31.2. The molecule has 0 aliphatic heterocycles. The van der Waals surface area contributed by atoms with Gasteiger partial charge in [-0.2, -0.15) is 0 Å². The molecule has 5 heteroatoms. The van der Waals surface area contributed by atoms with Crippen LogP contribution in [0.2, 0.25) is 0 Å². The Balaban J connectivity index is 1.16. The normalized spacial score (nSPS) is 41.5. The van der Waals surface area contributed by atoms with Crippen LogP contribution in [-0.2, 0) is 30.5 Å². The first-order valence-electron chi connectivity index (χ1n) is 19.0. The average molecular weight is 659 g/mol. The van der Waals surface area contributed by atoms with Crippen LogP contribution in [0.25, 0.3) is 0 Å². The Morgan fingerprint density at radius 1 is 0.875 bits per heavy atom. The zero-order chi connectivity index (χ0) is 34.9. The van der Waals surface area contributed by atoms with Crippen molar-refractivity contribution in [3.8, 4) is 0 Å². The number of ether oxygens (including phenoxy) is 2. The van der Waals surface area contributed by atoms with Crippen molar-refractivity contribution < 1.29 is 23.9 Å². The van der Waals surface area contributed by atoms with Crippen LogP contribution >= 0.6 is 0 Å². The molecule has 0 saturated heterocycles. The van der Waals surface area contributed by atoms with Crippen LogP contribution < -0.4 is 0 Å². The first kappa shape index (κ1) is 35.4. The van der Waals surface area contributed by atoms with Crippen LogP contribution in [0, 0.1) is 62.1 Å². The van der Waals surface area contributed by atoms with Crippen molar-refractivity contribution in [2.75, 3.05) is 0 Å². The van der Waals surface area contributed by atoms with E-state index in [1.165, 1.54) is 31.1 Å². The van der Waals surface area contributed by atoms with Gasteiger partial charge in [0.15, 0.2) is 0 Å². The van der Waals surface area contributed by atoms with E-state index in [1.807, 2.05) is 30.3 Å². The highest BCUT2D eigenvalue weighted by atomic mass is 16.5. The van der Waals surface area contributed by atoms with Crippen LogP contribution in [0.5, 0.6) is 0 Å². The second-order valence-electron chi connectivity index (χ2n) is 19.0. The molecule has 0 bridgehead atoms. The van der Waals surface area contributed by atoms with Crippen molar-refractivity contribution in [3.05, 3.63) is 48.0 Å². The minimum absolute atomic E-state index is 0.00417. The maximum absolute atomic E-state index is 13.5. The minimum atomic E-state index is -0.968. The molecule has 5 fully saturated rings. The maximum atomic E-state index is 13.5. The first-order valence-corrected chi connectivity index (χ1v) is 19.0. The van der Waals surface area contributed by atoms with Crippen LogP contribution in [0.1, 0.15) is 132 Å². The summed E-state index contributed by atoms with van der Waals surface area (Å²) >= 11 is 0. The van der Waals surface area contributed by atoms with Gasteiger partial charge in [-0.1, -0.05) is 77.1 Å². The monoisotopic (exact) mass is 658 g/mol. The molecule has 5 saturated carbocycles. The number of hydrogen-bond acceptors (Lipinski definition) is 5. The quantitative estimate of drug-likeness (QED) is 0.158. The number of carbonyl (C=O) groups excluding carboxylic acids is 3. The Morgan fingerprint density at radius 3 is 2.25 bits per heavy atom. The third-order valence-corrected chi connectivity index (χ3v) is 15.9. The highest BCUT2D eigenvalue weighted by Gasteiger charge is 2.71. The van der Waals surface area contributed by atoms with Gasteiger partial charge in [0, 0.05) is 10.8 Å². The summed E-state index contributed by atoms with van der Waals surface area (Å²) in [5.41, 5.74) is 1.48. The molecule has 0 aromatic heterocycles. The fourth-order valence-corrected chi connectivity index (χ4v) is 13.1. The standard InChI is InChI=1S/C43H62O5/c1-28(2)30-17-22-43(27-44)24-23-41(8)31(36(30)43)15-16-33-40(7)20-19-34(39(5,6)32(40)18-21-42(33,41)9)48-35(45)25-38(3,4)37(46)47-26-29-13-11-10-12-14-29/h10-14,27,30-34,36H,1,15-26H2,2-9H3/t30-,31?,32?,33?,34-,36?,40-,41+,42+,43+/m0/s1. The van der Waals surface area contributed by atoms with E-state index in [0.717, 1.165) is 50.5 Å². The van der Waals surface area contributed by atoms with Crippen LogP contribution in [0.15, 0.2) is 42.5 Å². The number of hydrogen-bond donors (Lipinski definition) is 0. The summed E-state index contributed by atoms with van der Waals surface area (Å²) in [6.45, 7) is 22.8. The van der Waals surface area contributed by atoms with Crippen molar-refractivity contribution in [3.63, 3.8) is 0 Å². The molecular weight excluding hydrogens is 596 g/mol. The molecule has 1 aromatic carbocycles. The van der Waals surface area contributed by atoms with Crippen molar-refractivity contribution in [1.82, 2.24) is 0 Å². The molecule has 0 amide bonds. The molecule has 5 aliphatic carbocycles. The molecule has 264 valence electrons. The Morgan fingerprint density at radius 2 is 1.58 bits per heavy atom. The Labute approximate surface area is 290 Å². The largest absolute Gasteiger partial charge is 0.462 e. The number of rotatable bonds is 8. The van der Waals surface area contributed by atoms with E-state index in [1.54, 1.807) is 13.8 Å². The van der Waals surface area contributed by atoms with Crippen LogP contribution in [0.3, 0.4) is 0 Å². The highest BCUT2D eigenvalue weighted by molar-refractivity contribution is 5.82. The van der Waals surface area contributed by atoms with E-state index in [0.29, 0.717) is 29.6 Å². The van der Waals surface area contributed by atoms with Crippen molar-refractivity contribution in [1.29, 1.82) is 0 Å². The lowest BCUT2D eigenvalue weighted by atomic mass is 9.32. The first-order chi connectivity index (χ1) is 22.4. The third-order valence-electron chi connectivity index (χ3n) is 15.9. The average Bonchev–Trinajstić information content (AvgIpc) is 3.42. The van der Waals surface area contributed by atoms with Crippen molar-refractivity contribution in [2.24, 2.45) is 62.1 Å². The molecule has 6 rings (SSSR count).